The first-order valence-electron chi connectivity index (χ1n) is 5.92. The van der Waals surface area contributed by atoms with Gasteiger partial charge in [0.25, 0.3) is 0 Å². The zero-order valence-corrected chi connectivity index (χ0v) is 9.35. The molecule has 0 aromatic carbocycles. The minimum atomic E-state index is 0.657. The summed E-state index contributed by atoms with van der Waals surface area (Å²) in [6.45, 7) is 2.95. The number of hydrogen-bond donors (Lipinski definition) is 1. The molecule has 2 heterocycles. The van der Waals surface area contributed by atoms with Gasteiger partial charge < -0.3 is 15.4 Å². The topological polar surface area (TPSA) is 51.4 Å². The van der Waals surface area contributed by atoms with Crippen molar-refractivity contribution >= 4 is 5.82 Å². The van der Waals surface area contributed by atoms with Crippen LogP contribution in [0.5, 0.6) is 0 Å². The van der Waals surface area contributed by atoms with Crippen molar-refractivity contribution in [1.82, 2.24) is 4.98 Å². The van der Waals surface area contributed by atoms with Crippen molar-refractivity contribution in [1.29, 1.82) is 0 Å². The molecule has 0 spiro atoms. The zero-order valence-electron chi connectivity index (χ0n) is 9.35. The summed E-state index contributed by atoms with van der Waals surface area (Å²) in [5.74, 6) is 1.07. The normalized spacial score (nSPS) is 18.6. The highest BCUT2D eigenvalue weighted by molar-refractivity contribution is 5.44. The SMILES string of the molecule is NCCN(c1ccc2c(n1)COC2)C1CC1. The Morgan fingerprint density at radius 2 is 2.25 bits per heavy atom. The molecule has 4 nitrogen and oxygen atoms in total. The van der Waals surface area contributed by atoms with Crippen molar-refractivity contribution in [2.24, 2.45) is 5.73 Å². The van der Waals surface area contributed by atoms with Gasteiger partial charge in [-0.3, -0.25) is 0 Å². The highest BCUT2D eigenvalue weighted by Gasteiger charge is 2.30. The average Bonchev–Trinajstić information content (AvgIpc) is 3.03. The van der Waals surface area contributed by atoms with Gasteiger partial charge in [0.15, 0.2) is 0 Å². The van der Waals surface area contributed by atoms with Gasteiger partial charge in [0, 0.05) is 24.7 Å². The fourth-order valence-corrected chi connectivity index (χ4v) is 2.20. The monoisotopic (exact) mass is 219 g/mol. The van der Waals surface area contributed by atoms with Crippen LogP contribution < -0.4 is 10.6 Å². The van der Waals surface area contributed by atoms with E-state index in [-0.39, 0.29) is 0 Å². The van der Waals surface area contributed by atoms with Crippen LogP contribution in [0.2, 0.25) is 0 Å². The average molecular weight is 219 g/mol. The van der Waals surface area contributed by atoms with Crippen molar-refractivity contribution in [2.75, 3.05) is 18.0 Å². The first-order chi connectivity index (χ1) is 7.88. The molecule has 0 amide bonds. The van der Waals surface area contributed by atoms with Crippen LogP contribution >= 0.6 is 0 Å². The van der Waals surface area contributed by atoms with Gasteiger partial charge in [-0.05, 0) is 18.9 Å². The number of anilines is 1. The van der Waals surface area contributed by atoms with Gasteiger partial charge in [-0.2, -0.15) is 0 Å². The Balaban J connectivity index is 1.86. The third-order valence-corrected chi connectivity index (χ3v) is 3.20. The molecule has 2 N–H and O–H groups in total. The summed E-state index contributed by atoms with van der Waals surface area (Å²) in [4.78, 5) is 7.01. The van der Waals surface area contributed by atoms with E-state index < -0.39 is 0 Å². The molecule has 0 saturated heterocycles. The maximum atomic E-state index is 5.65. The fourth-order valence-electron chi connectivity index (χ4n) is 2.20. The lowest BCUT2D eigenvalue weighted by atomic mass is 10.2. The number of ether oxygens (including phenoxy) is 1. The van der Waals surface area contributed by atoms with E-state index in [4.69, 9.17) is 10.5 Å². The van der Waals surface area contributed by atoms with Gasteiger partial charge >= 0.3 is 0 Å². The highest BCUT2D eigenvalue weighted by Crippen LogP contribution is 2.31. The molecular weight excluding hydrogens is 202 g/mol. The summed E-state index contributed by atoms with van der Waals surface area (Å²) in [5.41, 5.74) is 7.98. The maximum absolute atomic E-state index is 5.65. The number of rotatable bonds is 4. The Morgan fingerprint density at radius 3 is 3.00 bits per heavy atom. The molecule has 1 aromatic rings. The van der Waals surface area contributed by atoms with Crippen LogP contribution in [0.3, 0.4) is 0 Å². The molecule has 1 saturated carbocycles. The number of pyridine rings is 1. The second kappa shape index (κ2) is 4.03. The lowest BCUT2D eigenvalue weighted by Crippen LogP contribution is -2.32. The van der Waals surface area contributed by atoms with Gasteiger partial charge in [0.05, 0.1) is 18.9 Å². The minimum Gasteiger partial charge on any atom is -0.370 e. The molecule has 2 aliphatic rings. The maximum Gasteiger partial charge on any atom is 0.129 e. The van der Waals surface area contributed by atoms with Crippen molar-refractivity contribution in [3.05, 3.63) is 23.4 Å². The molecule has 1 aromatic heterocycles. The number of aromatic nitrogens is 1. The van der Waals surface area contributed by atoms with Crippen molar-refractivity contribution in [2.45, 2.75) is 32.1 Å². The standard InChI is InChI=1S/C12H17N3O/c13-5-6-15(10-2-3-10)12-4-1-9-7-16-8-11(9)14-12/h1,4,10H,2-3,5-8,13H2. The summed E-state index contributed by atoms with van der Waals surface area (Å²) in [5, 5.41) is 0. The highest BCUT2D eigenvalue weighted by atomic mass is 16.5. The Kier molecular flexibility index (Phi) is 2.53. The Labute approximate surface area is 95.4 Å². The Hall–Kier alpha value is -1.13. The van der Waals surface area contributed by atoms with Gasteiger partial charge in [-0.1, -0.05) is 6.07 Å². The molecule has 0 bridgehead atoms. The van der Waals surface area contributed by atoms with E-state index in [9.17, 15) is 0 Å². The number of fused-ring (bicyclic) bond motifs is 1. The predicted molar refractivity (Wildman–Crippen MR) is 62.2 cm³/mol. The molecule has 0 unspecified atom stereocenters. The molecule has 1 aliphatic carbocycles. The number of nitrogens with two attached hydrogens (primary N) is 1. The lowest BCUT2D eigenvalue weighted by molar-refractivity contribution is 0.133. The van der Waals surface area contributed by atoms with E-state index in [1.165, 1.54) is 18.4 Å². The second-order valence-electron chi connectivity index (χ2n) is 4.48. The smallest absolute Gasteiger partial charge is 0.129 e. The van der Waals surface area contributed by atoms with E-state index in [1.807, 2.05) is 0 Å². The number of hydrogen-bond acceptors (Lipinski definition) is 4. The quantitative estimate of drug-likeness (QED) is 0.822. The fraction of sp³-hybridized carbons (Fsp3) is 0.583. The first-order valence-corrected chi connectivity index (χ1v) is 5.92. The molecular formula is C12H17N3O. The van der Waals surface area contributed by atoms with Crippen LogP contribution in [0.15, 0.2) is 12.1 Å². The third-order valence-electron chi connectivity index (χ3n) is 3.20. The molecule has 1 aliphatic heterocycles. The summed E-state index contributed by atoms with van der Waals surface area (Å²) in [7, 11) is 0. The summed E-state index contributed by atoms with van der Waals surface area (Å²) >= 11 is 0. The molecule has 3 rings (SSSR count). The zero-order chi connectivity index (χ0) is 11.0. The van der Waals surface area contributed by atoms with Crippen LogP contribution in [-0.2, 0) is 18.0 Å². The van der Waals surface area contributed by atoms with E-state index in [0.29, 0.717) is 25.8 Å². The minimum absolute atomic E-state index is 0.657. The number of nitrogens with zero attached hydrogens (tertiary/aromatic N) is 2. The van der Waals surface area contributed by atoms with E-state index >= 15 is 0 Å². The molecule has 1 fully saturated rings. The summed E-state index contributed by atoms with van der Waals surface area (Å²) in [6, 6.07) is 4.90. The second-order valence-corrected chi connectivity index (χ2v) is 4.48. The Bertz CT molecular complexity index is 390. The van der Waals surface area contributed by atoms with E-state index in [0.717, 1.165) is 18.1 Å². The molecule has 0 radical (unpaired) electrons. The molecule has 86 valence electrons. The van der Waals surface area contributed by atoms with E-state index in [1.54, 1.807) is 0 Å². The summed E-state index contributed by atoms with van der Waals surface area (Å²) in [6.07, 6.45) is 2.55. The first kappa shape index (κ1) is 10.1. The van der Waals surface area contributed by atoms with Crippen LogP contribution in [0, 0.1) is 0 Å². The van der Waals surface area contributed by atoms with Crippen LogP contribution in [-0.4, -0.2) is 24.1 Å². The van der Waals surface area contributed by atoms with Crippen LogP contribution in [0.25, 0.3) is 0 Å². The van der Waals surface area contributed by atoms with Crippen LogP contribution in [0.4, 0.5) is 5.82 Å². The molecule has 16 heavy (non-hydrogen) atoms. The van der Waals surface area contributed by atoms with Gasteiger partial charge in [-0.15, -0.1) is 0 Å². The van der Waals surface area contributed by atoms with Crippen LogP contribution in [0.1, 0.15) is 24.1 Å². The molecule has 0 atom stereocenters. The third kappa shape index (κ3) is 1.79. The van der Waals surface area contributed by atoms with Gasteiger partial charge in [0.2, 0.25) is 0 Å². The summed E-state index contributed by atoms with van der Waals surface area (Å²) < 4.78 is 5.38. The Morgan fingerprint density at radius 1 is 1.38 bits per heavy atom. The molecule has 4 heteroatoms. The predicted octanol–water partition coefficient (Wildman–Crippen LogP) is 1.04. The van der Waals surface area contributed by atoms with Crippen molar-refractivity contribution in [3.8, 4) is 0 Å². The van der Waals surface area contributed by atoms with Crippen molar-refractivity contribution < 1.29 is 4.74 Å². The van der Waals surface area contributed by atoms with Gasteiger partial charge in [-0.25, -0.2) is 4.98 Å². The van der Waals surface area contributed by atoms with E-state index in [2.05, 4.69) is 22.0 Å². The van der Waals surface area contributed by atoms with Crippen molar-refractivity contribution in [3.63, 3.8) is 0 Å². The lowest BCUT2D eigenvalue weighted by Gasteiger charge is -2.23. The largest absolute Gasteiger partial charge is 0.370 e. The van der Waals surface area contributed by atoms with Gasteiger partial charge in [0.1, 0.15) is 5.82 Å².